The molecule has 7 heteroatoms. The van der Waals surface area contributed by atoms with E-state index in [2.05, 4.69) is 4.98 Å². The van der Waals surface area contributed by atoms with E-state index in [1.165, 1.54) is 12.3 Å². The second kappa shape index (κ2) is 9.53. The summed E-state index contributed by atoms with van der Waals surface area (Å²) >= 11 is 0. The number of nitrogens with zero attached hydrogens (tertiary/aromatic N) is 2. The van der Waals surface area contributed by atoms with Gasteiger partial charge in [-0.2, -0.15) is 0 Å². The van der Waals surface area contributed by atoms with Gasteiger partial charge in [0.05, 0.1) is 30.1 Å². The van der Waals surface area contributed by atoms with Crippen molar-refractivity contribution < 1.29 is 23.4 Å². The summed E-state index contributed by atoms with van der Waals surface area (Å²) in [5, 5.41) is 0. The largest absolute Gasteiger partial charge is 0.491 e. The van der Waals surface area contributed by atoms with Crippen molar-refractivity contribution in [2.75, 3.05) is 32.9 Å². The summed E-state index contributed by atoms with van der Waals surface area (Å²) < 4.78 is 31.8. The smallest absolute Gasteiger partial charge is 0.256 e. The lowest BCUT2D eigenvalue weighted by Crippen LogP contribution is -2.52. The number of hydrogen-bond acceptors (Lipinski definition) is 5. The van der Waals surface area contributed by atoms with E-state index in [1.54, 1.807) is 4.90 Å². The number of hydrogen-bond donors (Lipinski definition) is 0. The summed E-state index contributed by atoms with van der Waals surface area (Å²) in [5.41, 5.74) is -0.193. The number of likely N-dealkylation sites (tertiary alicyclic amines) is 1. The highest BCUT2D eigenvalue weighted by Gasteiger charge is 2.41. The van der Waals surface area contributed by atoms with Crippen molar-refractivity contribution in [1.82, 2.24) is 9.88 Å². The molecule has 2 saturated heterocycles. The van der Waals surface area contributed by atoms with Gasteiger partial charge in [-0.15, -0.1) is 0 Å². The summed E-state index contributed by atoms with van der Waals surface area (Å²) in [4.78, 5) is 18.0. The number of aromatic nitrogens is 1. The topological polar surface area (TPSA) is 60.9 Å². The Balaban J connectivity index is 1.24. The van der Waals surface area contributed by atoms with Gasteiger partial charge >= 0.3 is 0 Å². The van der Waals surface area contributed by atoms with Crippen LogP contribution in [0.3, 0.4) is 0 Å². The molecule has 1 spiro atoms. The first kappa shape index (κ1) is 20.8. The molecule has 2 aliphatic rings. The number of amides is 1. The molecule has 30 heavy (non-hydrogen) atoms. The van der Waals surface area contributed by atoms with Crippen LogP contribution in [0, 0.1) is 5.82 Å². The van der Waals surface area contributed by atoms with E-state index >= 15 is 0 Å². The van der Waals surface area contributed by atoms with Gasteiger partial charge in [-0.1, -0.05) is 18.2 Å². The summed E-state index contributed by atoms with van der Waals surface area (Å²) in [6.07, 6.45) is 5.76. The number of halogens is 1. The van der Waals surface area contributed by atoms with Crippen LogP contribution in [0.25, 0.3) is 0 Å². The van der Waals surface area contributed by atoms with Crippen LogP contribution in [-0.4, -0.2) is 60.4 Å². The van der Waals surface area contributed by atoms with Crippen LogP contribution in [0.15, 0.2) is 48.8 Å². The highest BCUT2D eigenvalue weighted by molar-refractivity contribution is 5.94. The molecule has 2 aliphatic heterocycles. The Hall–Kier alpha value is -2.51. The molecule has 0 aliphatic carbocycles. The lowest BCUT2D eigenvalue weighted by atomic mass is 9.83. The maximum atomic E-state index is 13.9. The zero-order valence-electron chi connectivity index (χ0n) is 17.0. The van der Waals surface area contributed by atoms with E-state index in [4.69, 9.17) is 14.2 Å². The molecular weight excluding hydrogens is 387 g/mol. The number of piperidine rings is 1. The standard InChI is InChI=1S/C23H27FN2O4/c24-21-17-25-10-6-20(21)22(27)26-11-8-23(9-12-26)16-19(7-13-30-23)29-15-14-28-18-4-2-1-3-5-18/h1-6,10,17,19H,7-9,11-16H2. The fourth-order valence-corrected chi connectivity index (χ4v) is 4.20. The van der Waals surface area contributed by atoms with Crippen LogP contribution >= 0.6 is 0 Å². The van der Waals surface area contributed by atoms with Crippen LogP contribution in [0.2, 0.25) is 0 Å². The third-order valence-corrected chi connectivity index (χ3v) is 5.86. The lowest BCUT2D eigenvalue weighted by molar-refractivity contribution is -0.153. The van der Waals surface area contributed by atoms with Crippen molar-refractivity contribution in [3.8, 4) is 5.75 Å². The number of carbonyl (C=O) groups excluding carboxylic acids is 1. The van der Waals surface area contributed by atoms with Crippen LogP contribution in [-0.2, 0) is 9.47 Å². The fourth-order valence-electron chi connectivity index (χ4n) is 4.20. The highest BCUT2D eigenvalue weighted by atomic mass is 19.1. The zero-order chi connectivity index (χ0) is 20.8. The van der Waals surface area contributed by atoms with E-state index in [0.717, 1.165) is 37.6 Å². The van der Waals surface area contributed by atoms with Gasteiger partial charge in [-0.25, -0.2) is 4.39 Å². The Bertz CT molecular complexity index is 840. The van der Waals surface area contributed by atoms with Crippen LogP contribution in [0.1, 0.15) is 36.0 Å². The third kappa shape index (κ3) is 4.96. The first-order valence-corrected chi connectivity index (χ1v) is 10.5. The summed E-state index contributed by atoms with van der Waals surface area (Å²) in [6, 6.07) is 11.1. The monoisotopic (exact) mass is 414 g/mol. The molecule has 1 atom stereocenters. The second-order valence-electron chi connectivity index (χ2n) is 7.83. The maximum Gasteiger partial charge on any atom is 0.256 e. The van der Waals surface area contributed by atoms with Gasteiger partial charge in [0.2, 0.25) is 0 Å². The van der Waals surface area contributed by atoms with Crippen molar-refractivity contribution in [1.29, 1.82) is 0 Å². The van der Waals surface area contributed by atoms with Crippen molar-refractivity contribution in [2.45, 2.75) is 37.4 Å². The van der Waals surface area contributed by atoms with Crippen LogP contribution < -0.4 is 4.74 Å². The molecule has 0 radical (unpaired) electrons. The normalized spacial score (nSPS) is 20.8. The molecule has 2 aromatic rings. The molecule has 1 aromatic carbocycles. The van der Waals surface area contributed by atoms with Gasteiger partial charge in [-0.05, 0) is 37.5 Å². The number of rotatable bonds is 6. The lowest BCUT2D eigenvalue weighted by Gasteiger charge is -2.46. The van der Waals surface area contributed by atoms with Crippen LogP contribution in [0.5, 0.6) is 5.75 Å². The first-order chi connectivity index (χ1) is 14.7. The minimum atomic E-state index is -0.581. The Morgan fingerprint density at radius 3 is 2.77 bits per heavy atom. The number of benzene rings is 1. The SMILES string of the molecule is O=C(c1ccncc1F)N1CCC2(CC1)CC(OCCOc1ccccc1)CCO2. The Morgan fingerprint density at radius 2 is 2.00 bits per heavy atom. The van der Waals surface area contributed by atoms with E-state index in [9.17, 15) is 9.18 Å². The molecule has 1 amide bonds. The molecule has 4 rings (SSSR count). The second-order valence-corrected chi connectivity index (χ2v) is 7.83. The summed E-state index contributed by atoms with van der Waals surface area (Å²) in [6.45, 7) is 2.78. The minimum Gasteiger partial charge on any atom is -0.491 e. The third-order valence-electron chi connectivity index (χ3n) is 5.86. The van der Waals surface area contributed by atoms with E-state index in [0.29, 0.717) is 32.9 Å². The van der Waals surface area contributed by atoms with Crippen molar-refractivity contribution in [3.05, 3.63) is 60.2 Å². The van der Waals surface area contributed by atoms with Crippen molar-refractivity contribution in [3.63, 3.8) is 0 Å². The van der Waals surface area contributed by atoms with E-state index in [1.807, 2.05) is 30.3 Å². The molecule has 0 N–H and O–H groups in total. The predicted molar refractivity (Wildman–Crippen MR) is 109 cm³/mol. The minimum absolute atomic E-state index is 0.0742. The Kier molecular flexibility index (Phi) is 6.59. The Labute approximate surface area is 176 Å². The molecular formula is C23H27FN2O4. The van der Waals surface area contributed by atoms with Crippen molar-refractivity contribution in [2.24, 2.45) is 0 Å². The number of carbonyl (C=O) groups is 1. The first-order valence-electron chi connectivity index (χ1n) is 10.5. The fraction of sp³-hybridized carbons (Fsp3) is 0.478. The molecule has 3 heterocycles. The number of ether oxygens (including phenoxy) is 3. The van der Waals surface area contributed by atoms with Crippen LogP contribution in [0.4, 0.5) is 4.39 Å². The van der Waals surface area contributed by atoms with Gasteiger partial charge in [0, 0.05) is 32.3 Å². The molecule has 1 unspecified atom stereocenters. The molecule has 0 saturated carbocycles. The van der Waals surface area contributed by atoms with E-state index in [-0.39, 0.29) is 23.2 Å². The van der Waals surface area contributed by atoms with Gasteiger partial charge in [-0.3, -0.25) is 9.78 Å². The van der Waals surface area contributed by atoms with Gasteiger partial charge in [0.15, 0.2) is 5.82 Å². The molecule has 6 nitrogen and oxygen atoms in total. The zero-order valence-corrected chi connectivity index (χ0v) is 17.0. The number of para-hydroxylation sites is 1. The van der Waals surface area contributed by atoms with Gasteiger partial charge in [0.1, 0.15) is 12.4 Å². The maximum absolute atomic E-state index is 13.9. The average Bonchev–Trinajstić information content (AvgIpc) is 2.78. The Morgan fingerprint density at radius 1 is 1.20 bits per heavy atom. The number of pyridine rings is 1. The highest BCUT2D eigenvalue weighted by Crippen LogP contribution is 2.36. The summed E-state index contributed by atoms with van der Waals surface area (Å²) in [5.74, 6) is -0.0264. The molecule has 160 valence electrons. The van der Waals surface area contributed by atoms with Gasteiger partial charge < -0.3 is 19.1 Å². The average molecular weight is 414 g/mol. The quantitative estimate of drug-likeness (QED) is 0.678. The molecule has 0 bridgehead atoms. The predicted octanol–water partition coefficient (Wildman–Crippen LogP) is 3.47. The summed E-state index contributed by atoms with van der Waals surface area (Å²) in [7, 11) is 0. The van der Waals surface area contributed by atoms with E-state index < -0.39 is 5.82 Å². The van der Waals surface area contributed by atoms with Gasteiger partial charge in [0.25, 0.3) is 5.91 Å². The molecule has 1 aromatic heterocycles. The van der Waals surface area contributed by atoms with Crippen molar-refractivity contribution >= 4 is 5.91 Å². The molecule has 2 fully saturated rings.